The van der Waals surface area contributed by atoms with Crippen molar-refractivity contribution in [1.29, 1.82) is 0 Å². The van der Waals surface area contributed by atoms with Crippen LogP contribution in [0.5, 0.6) is 23.0 Å². The summed E-state index contributed by atoms with van der Waals surface area (Å²) in [6, 6.07) is 23.7. The lowest BCUT2D eigenvalue weighted by atomic mass is 9.55. The number of fused-ring (bicyclic) bond motifs is 3. The molecule has 2 amide bonds. The number of anilines is 1. The fourth-order valence-corrected chi connectivity index (χ4v) is 10.1. The molecular formula is C51H61N3O11. The number of rotatable bonds is 20. The van der Waals surface area contributed by atoms with Crippen molar-refractivity contribution in [1.82, 2.24) is 4.90 Å². The highest BCUT2D eigenvalue weighted by Crippen LogP contribution is 2.62. The topological polar surface area (TPSA) is 167 Å². The Kier molecular flexibility index (Phi) is 15.7. The number of nitrogens with zero attached hydrogens (tertiary/aromatic N) is 2. The first kappa shape index (κ1) is 46.9. The minimum Gasteiger partial charge on any atom is -0.497 e. The van der Waals surface area contributed by atoms with Gasteiger partial charge in [-0.05, 0) is 96.7 Å². The summed E-state index contributed by atoms with van der Waals surface area (Å²) in [5, 5.41) is 29.4. The molecule has 0 saturated heterocycles. The summed E-state index contributed by atoms with van der Waals surface area (Å²) in [7, 11) is 4.56. The number of aliphatic hydroxyl groups excluding tert-OH is 2. The number of methoxy groups -OCH3 is 2. The third-order valence-electron chi connectivity index (χ3n) is 12.8. The van der Waals surface area contributed by atoms with Crippen molar-refractivity contribution < 1.29 is 53.1 Å². The Hall–Kier alpha value is -6.09. The molecule has 6 unspecified atom stereocenters. The number of aliphatic hydroxyl groups is 2. The van der Waals surface area contributed by atoms with Gasteiger partial charge in [0.2, 0.25) is 5.79 Å². The quantitative estimate of drug-likeness (QED) is 0.0440. The van der Waals surface area contributed by atoms with E-state index in [2.05, 4.69) is 23.1 Å². The van der Waals surface area contributed by atoms with Crippen LogP contribution < -0.4 is 24.3 Å². The van der Waals surface area contributed by atoms with Crippen molar-refractivity contribution >= 4 is 34.4 Å². The zero-order valence-electron chi connectivity index (χ0n) is 37.7. The average Bonchev–Trinajstić information content (AvgIpc) is 3.32. The highest BCUT2D eigenvalue weighted by Gasteiger charge is 2.65. The zero-order valence-corrected chi connectivity index (χ0v) is 37.7. The van der Waals surface area contributed by atoms with Gasteiger partial charge in [0.25, 0.3) is 0 Å². The van der Waals surface area contributed by atoms with Crippen LogP contribution in [0.15, 0.2) is 108 Å². The van der Waals surface area contributed by atoms with Gasteiger partial charge >= 0.3 is 12.2 Å². The van der Waals surface area contributed by atoms with E-state index < -0.39 is 29.9 Å². The molecule has 0 radical (unpaired) electrons. The Bertz CT molecular complexity index is 2360. The highest BCUT2D eigenvalue weighted by atomic mass is 16.7. The summed E-state index contributed by atoms with van der Waals surface area (Å²) in [6.07, 6.45) is 7.14. The molecular weight excluding hydrogens is 831 g/mol. The highest BCUT2D eigenvalue weighted by molar-refractivity contribution is 6.03. The number of amides is 2. The van der Waals surface area contributed by atoms with Gasteiger partial charge in [0.1, 0.15) is 36.1 Å². The monoisotopic (exact) mass is 891 g/mol. The van der Waals surface area contributed by atoms with E-state index in [1.807, 2.05) is 48.5 Å². The predicted molar refractivity (Wildman–Crippen MR) is 248 cm³/mol. The molecule has 1 aliphatic heterocycles. The lowest BCUT2D eigenvalue weighted by Crippen LogP contribution is -2.70. The molecule has 14 nitrogen and oxygen atoms in total. The molecule has 7 rings (SSSR count). The van der Waals surface area contributed by atoms with Crippen LogP contribution >= 0.6 is 0 Å². The minimum atomic E-state index is -1.52. The Morgan fingerprint density at radius 3 is 2.45 bits per heavy atom. The van der Waals surface area contributed by atoms with Gasteiger partial charge in [-0.2, -0.15) is 0 Å². The number of unbranched alkanes of at least 4 members (excludes halogenated alkanes) is 2. The maximum absolute atomic E-state index is 14.6. The zero-order chi connectivity index (χ0) is 45.9. The lowest BCUT2D eigenvalue weighted by molar-refractivity contribution is -0.256. The smallest absolute Gasteiger partial charge is 0.417 e. The van der Waals surface area contributed by atoms with Gasteiger partial charge in [-0.25, -0.2) is 9.59 Å². The summed E-state index contributed by atoms with van der Waals surface area (Å²) in [6.45, 7) is 6.33. The van der Waals surface area contributed by atoms with Crippen molar-refractivity contribution in [2.24, 2.45) is 22.9 Å². The molecule has 1 saturated carbocycles. The van der Waals surface area contributed by atoms with Crippen molar-refractivity contribution in [2.75, 3.05) is 53.1 Å². The summed E-state index contributed by atoms with van der Waals surface area (Å²) >= 11 is 0. The molecule has 1 fully saturated rings. The van der Waals surface area contributed by atoms with Crippen molar-refractivity contribution in [2.45, 2.75) is 76.2 Å². The van der Waals surface area contributed by atoms with Crippen LogP contribution in [-0.4, -0.2) is 92.6 Å². The van der Waals surface area contributed by atoms with Gasteiger partial charge in [0.05, 0.1) is 51.3 Å². The Morgan fingerprint density at radius 2 is 1.71 bits per heavy atom. The van der Waals surface area contributed by atoms with E-state index in [0.29, 0.717) is 41.5 Å². The fourth-order valence-electron chi connectivity index (χ4n) is 10.1. The van der Waals surface area contributed by atoms with E-state index in [-0.39, 0.29) is 62.9 Å². The first-order valence-electron chi connectivity index (χ1n) is 22.5. The van der Waals surface area contributed by atoms with E-state index in [0.717, 1.165) is 53.2 Å². The Labute approximate surface area is 380 Å². The molecule has 1 heterocycles. The van der Waals surface area contributed by atoms with Crippen molar-refractivity contribution in [3.8, 4) is 23.0 Å². The third kappa shape index (κ3) is 9.95. The molecule has 2 aliphatic carbocycles. The molecule has 3 aliphatic rings. The third-order valence-corrected chi connectivity index (χ3v) is 12.8. The number of hydrogen-bond acceptors (Lipinski definition) is 12. The van der Waals surface area contributed by atoms with Crippen LogP contribution in [0.4, 0.5) is 15.3 Å². The summed E-state index contributed by atoms with van der Waals surface area (Å²) in [5.41, 5.74) is 3.62. The van der Waals surface area contributed by atoms with Gasteiger partial charge < -0.3 is 43.5 Å². The summed E-state index contributed by atoms with van der Waals surface area (Å²) < 4.78 is 37.1. The Balaban J connectivity index is 1.40. The number of allylic oxidation sites excluding steroid dienone is 1. The van der Waals surface area contributed by atoms with Gasteiger partial charge in [0, 0.05) is 37.2 Å². The molecule has 346 valence electrons. The van der Waals surface area contributed by atoms with Crippen LogP contribution in [0.1, 0.15) is 68.9 Å². The second-order valence-corrected chi connectivity index (χ2v) is 16.5. The van der Waals surface area contributed by atoms with Crippen LogP contribution in [0, 0.1) is 17.8 Å². The SMILES string of the molecule is C=CCOC12Oc3ccc(OC(=O)Nc4ccc(OC)cc4OC)cc3C3C(CCCCO)C(CCCCO)C=C(C(=NOC)CC1N(Cc1cccc4ccccc14)C(=O)OCC)C32. The van der Waals surface area contributed by atoms with Crippen LogP contribution in [-0.2, 0) is 20.9 Å². The minimum absolute atomic E-state index is 0.00501. The second kappa shape index (κ2) is 21.7. The average molecular weight is 892 g/mol. The number of carbonyl (C=O) groups excluding carboxylic acids is 2. The first-order chi connectivity index (χ1) is 31.7. The molecule has 3 N–H and O–H groups in total. The van der Waals surface area contributed by atoms with Crippen molar-refractivity contribution in [3.05, 3.63) is 114 Å². The van der Waals surface area contributed by atoms with Crippen molar-refractivity contribution in [3.63, 3.8) is 0 Å². The fraction of sp³-hybridized carbons (Fsp3) is 0.431. The normalized spacial score (nSPS) is 22.4. The molecule has 0 bridgehead atoms. The number of oxime groups is 1. The summed E-state index contributed by atoms with van der Waals surface area (Å²) in [5.74, 6) is -0.734. The van der Waals surface area contributed by atoms with E-state index >= 15 is 0 Å². The molecule has 4 aromatic carbocycles. The molecule has 4 aromatic rings. The summed E-state index contributed by atoms with van der Waals surface area (Å²) in [4.78, 5) is 35.5. The maximum Gasteiger partial charge on any atom is 0.417 e. The molecule has 0 aromatic heterocycles. The van der Waals surface area contributed by atoms with Gasteiger partial charge in [-0.1, -0.05) is 72.6 Å². The van der Waals surface area contributed by atoms with Crippen LogP contribution in [0.3, 0.4) is 0 Å². The number of nitrogens with one attached hydrogen (secondary N) is 1. The van der Waals surface area contributed by atoms with Crippen LogP contribution in [0.2, 0.25) is 0 Å². The lowest BCUT2D eigenvalue weighted by Gasteiger charge is -2.59. The molecule has 65 heavy (non-hydrogen) atoms. The van der Waals surface area contributed by atoms with Crippen LogP contribution in [0.25, 0.3) is 10.8 Å². The predicted octanol–water partition coefficient (Wildman–Crippen LogP) is 9.39. The molecule has 14 heteroatoms. The van der Waals surface area contributed by atoms with Gasteiger partial charge in [0.15, 0.2) is 0 Å². The van der Waals surface area contributed by atoms with Gasteiger partial charge in [-0.15, -0.1) is 6.58 Å². The standard InChI is InChI=1S/C51H61N3O11/c1-6-27-63-51-46(54(50(58)62-7-2)32-35-18-14-17-33-15-8-9-19-38(33)35)31-43(53-61-5)40-28-34(16-10-12-25-55)39(20-11-13-26-56)47(48(40)51)41-29-37(22-24-44(41)65-51)64-49(57)52-42-23-21-36(59-3)30-45(42)60-4/h6,8-9,14-15,17-19,21-24,28-30,34,39,46-48,55-56H,1,7,10-13,16,20,25-27,31-32H2,2-5H3,(H,52,57). The molecule has 6 atom stereocenters. The van der Waals surface area contributed by atoms with E-state index in [1.54, 1.807) is 55.3 Å². The Morgan fingerprint density at radius 1 is 0.938 bits per heavy atom. The molecule has 0 spiro atoms. The second-order valence-electron chi connectivity index (χ2n) is 16.5. The van der Waals surface area contributed by atoms with E-state index in [4.69, 9.17) is 33.3 Å². The number of ether oxygens (including phenoxy) is 6. The number of carbonyl (C=O) groups is 2. The van der Waals surface area contributed by atoms with E-state index in [9.17, 15) is 19.8 Å². The number of hydrogen-bond donors (Lipinski definition) is 3. The number of benzene rings is 4. The van der Waals surface area contributed by atoms with Gasteiger partial charge in [-0.3, -0.25) is 10.2 Å². The van der Waals surface area contributed by atoms with E-state index in [1.165, 1.54) is 14.2 Å². The maximum atomic E-state index is 14.6. The largest absolute Gasteiger partial charge is 0.497 e. The first-order valence-corrected chi connectivity index (χ1v) is 22.5.